The Morgan fingerprint density at radius 2 is 2.00 bits per heavy atom. The monoisotopic (exact) mass is 310 g/mol. The molecule has 2 N–H and O–H groups in total. The van der Waals surface area contributed by atoms with Gasteiger partial charge in [-0.3, -0.25) is 0 Å². The highest BCUT2D eigenvalue weighted by atomic mass is 35.5. The van der Waals surface area contributed by atoms with E-state index in [-0.39, 0.29) is 18.1 Å². The number of hydrogen-bond acceptors (Lipinski definition) is 3. The largest absolute Gasteiger partial charge is 0.444 e. The molecule has 1 heterocycles. The number of nitrogens with zero attached hydrogens (tertiary/aromatic N) is 1. The lowest BCUT2D eigenvalue weighted by Gasteiger charge is -2.25. The molecule has 2 rings (SSSR count). The first-order valence-corrected chi connectivity index (χ1v) is 7.63. The fraction of sp³-hybridized carbons (Fsp3) is 0.562. The number of carbonyl (C=O) groups excluding carboxylic acids is 1. The minimum absolute atomic E-state index is 0.0882. The van der Waals surface area contributed by atoms with Crippen LogP contribution >= 0.6 is 11.6 Å². The Hall–Kier alpha value is -1.26. The van der Waals surface area contributed by atoms with Gasteiger partial charge in [0.15, 0.2) is 0 Å². The van der Waals surface area contributed by atoms with Crippen LogP contribution in [0.2, 0.25) is 5.02 Å². The van der Waals surface area contributed by atoms with E-state index >= 15 is 0 Å². The van der Waals surface area contributed by atoms with Crippen LogP contribution in [0.3, 0.4) is 0 Å². The number of halogens is 1. The third-order valence-corrected chi connectivity index (χ3v) is 3.89. The molecule has 1 fully saturated rings. The first-order valence-electron chi connectivity index (χ1n) is 7.25. The minimum atomic E-state index is -0.465. The highest BCUT2D eigenvalue weighted by Crippen LogP contribution is 2.29. The number of carbonyl (C=O) groups is 1. The third kappa shape index (κ3) is 4.35. The smallest absolute Gasteiger partial charge is 0.410 e. The maximum atomic E-state index is 12.1. The number of rotatable bonds is 2. The van der Waals surface area contributed by atoms with Crippen molar-refractivity contribution in [3.8, 4) is 0 Å². The van der Waals surface area contributed by atoms with E-state index in [2.05, 4.69) is 0 Å². The summed E-state index contributed by atoms with van der Waals surface area (Å²) in [6.45, 7) is 6.95. The van der Waals surface area contributed by atoms with Crippen LogP contribution in [0.5, 0.6) is 0 Å². The zero-order valence-corrected chi connectivity index (χ0v) is 13.6. The standard InChI is InChI=1S/C16H23ClN2O2/c1-16(2,3)21-15(20)19-9-8-12(10-19)14(18)11-4-6-13(17)7-5-11/h4-7,12,14H,8-10,18H2,1-3H3. The maximum Gasteiger partial charge on any atom is 0.410 e. The van der Waals surface area contributed by atoms with E-state index in [1.54, 1.807) is 4.90 Å². The quantitative estimate of drug-likeness (QED) is 0.908. The highest BCUT2D eigenvalue weighted by molar-refractivity contribution is 6.30. The molecule has 21 heavy (non-hydrogen) atoms. The van der Waals surface area contributed by atoms with Gasteiger partial charge in [0.2, 0.25) is 0 Å². The molecule has 1 amide bonds. The predicted octanol–water partition coefficient (Wildman–Crippen LogP) is 3.60. The molecule has 1 saturated heterocycles. The topological polar surface area (TPSA) is 55.6 Å². The Kier molecular flexibility index (Phi) is 4.79. The molecule has 4 nitrogen and oxygen atoms in total. The van der Waals surface area contributed by atoms with Crippen molar-refractivity contribution < 1.29 is 9.53 Å². The van der Waals surface area contributed by atoms with E-state index in [1.165, 1.54) is 0 Å². The molecule has 0 bridgehead atoms. The first kappa shape index (κ1) is 16.1. The van der Waals surface area contributed by atoms with Crippen LogP contribution in [0, 0.1) is 5.92 Å². The average Bonchev–Trinajstić information content (AvgIpc) is 2.86. The van der Waals surface area contributed by atoms with Crippen molar-refractivity contribution in [2.24, 2.45) is 11.7 Å². The fourth-order valence-electron chi connectivity index (χ4n) is 2.53. The van der Waals surface area contributed by atoms with Gasteiger partial charge in [-0.1, -0.05) is 23.7 Å². The van der Waals surface area contributed by atoms with E-state index in [4.69, 9.17) is 22.1 Å². The van der Waals surface area contributed by atoms with Crippen LogP contribution in [0.25, 0.3) is 0 Å². The van der Waals surface area contributed by atoms with Crippen molar-refractivity contribution in [1.29, 1.82) is 0 Å². The fourth-order valence-corrected chi connectivity index (χ4v) is 2.66. The van der Waals surface area contributed by atoms with Crippen LogP contribution in [-0.2, 0) is 4.74 Å². The Balaban J connectivity index is 1.95. The third-order valence-electron chi connectivity index (χ3n) is 3.64. The van der Waals surface area contributed by atoms with Gasteiger partial charge in [0.05, 0.1) is 0 Å². The lowest BCUT2D eigenvalue weighted by Crippen LogP contribution is -2.36. The molecule has 2 atom stereocenters. The molecule has 0 aromatic heterocycles. The molecule has 1 aliphatic heterocycles. The summed E-state index contributed by atoms with van der Waals surface area (Å²) in [6.07, 6.45) is 0.636. The zero-order valence-electron chi connectivity index (χ0n) is 12.8. The normalized spacial score (nSPS) is 20.4. The zero-order chi connectivity index (χ0) is 15.6. The van der Waals surface area contributed by atoms with Crippen LogP contribution in [-0.4, -0.2) is 29.7 Å². The van der Waals surface area contributed by atoms with Crippen molar-refractivity contribution in [1.82, 2.24) is 4.90 Å². The van der Waals surface area contributed by atoms with Crippen LogP contribution < -0.4 is 5.73 Å². The number of ether oxygens (including phenoxy) is 1. The first-order chi connectivity index (χ1) is 9.76. The van der Waals surface area contributed by atoms with Gasteiger partial charge in [-0.05, 0) is 50.8 Å². The minimum Gasteiger partial charge on any atom is -0.444 e. The summed E-state index contributed by atoms with van der Waals surface area (Å²) in [5.41, 5.74) is 6.90. The highest BCUT2D eigenvalue weighted by Gasteiger charge is 2.33. The summed E-state index contributed by atoms with van der Waals surface area (Å²) < 4.78 is 5.40. The second-order valence-electron chi connectivity index (χ2n) is 6.55. The van der Waals surface area contributed by atoms with Gasteiger partial charge in [-0.15, -0.1) is 0 Å². The molecule has 0 radical (unpaired) electrons. The molecule has 5 heteroatoms. The van der Waals surface area contributed by atoms with E-state index < -0.39 is 5.60 Å². The number of nitrogens with two attached hydrogens (primary N) is 1. The van der Waals surface area contributed by atoms with Gasteiger partial charge in [-0.25, -0.2) is 4.79 Å². The molecule has 116 valence electrons. The SMILES string of the molecule is CC(C)(C)OC(=O)N1CCC(C(N)c2ccc(Cl)cc2)C1. The summed E-state index contributed by atoms with van der Waals surface area (Å²) in [7, 11) is 0. The van der Waals surface area contributed by atoms with Crippen molar-refractivity contribution in [3.05, 3.63) is 34.9 Å². The van der Waals surface area contributed by atoms with Crippen LogP contribution in [0.4, 0.5) is 4.79 Å². The Labute approximate surface area is 131 Å². The average molecular weight is 311 g/mol. The molecule has 1 aromatic carbocycles. The summed E-state index contributed by atoms with van der Waals surface area (Å²) >= 11 is 5.89. The Morgan fingerprint density at radius 3 is 2.57 bits per heavy atom. The molecule has 0 saturated carbocycles. The van der Waals surface area contributed by atoms with Gasteiger partial charge >= 0.3 is 6.09 Å². The van der Waals surface area contributed by atoms with E-state index in [1.807, 2.05) is 45.0 Å². The van der Waals surface area contributed by atoms with Crippen LogP contribution in [0.1, 0.15) is 38.8 Å². The maximum absolute atomic E-state index is 12.1. The summed E-state index contributed by atoms with van der Waals surface area (Å²) in [6, 6.07) is 7.50. The van der Waals surface area contributed by atoms with E-state index in [0.717, 1.165) is 12.0 Å². The van der Waals surface area contributed by atoms with Crippen molar-refractivity contribution in [2.45, 2.75) is 38.8 Å². The summed E-state index contributed by atoms with van der Waals surface area (Å²) in [4.78, 5) is 13.8. The van der Waals surface area contributed by atoms with Gasteiger partial charge in [0, 0.05) is 24.2 Å². The second kappa shape index (κ2) is 6.24. The molecular weight excluding hydrogens is 288 g/mol. The molecule has 0 spiro atoms. The van der Waals surface area contributed by atoms with Crippen LogP contribution in [0.15, 0.2) is 24.3 Å². The van der Waals surface area contributed by atoms with Gasteiger partial charge < -0.3 is 15.4 Å². The van der Waals surface area contributed by atoms with E-state index in [0.29, 0.717) is 18.1 Å². The molecule has 1 aliphatic rings. The molecular formula is C16H23ClN2O2. The Morgan fingerprint density at radius 1 is 1.38 bits per heavy atom. The molecule has 0 aliphatic carbocycles. The van der Waals surface area contributed by atoms with Crippen molar-refractivity contribution in [2.75, 3.05) is 13.1 Å². The van der Waals surface area contributed by atoms with Crippen molar-refractivity contribution >= 4 is 17.7 Å². The lowest BCUT2D eigenvalue weighted by atomic mass is 9.93. The van der Waals surface area contributed by atoms with Crippen molar-refractivity contribution in [3.63, 3.8) is 0 Å². The van der Waals surface area contributed by atoms with Gasteiger partial charge in [0.1, 0.15) is 5.60 Å². The number of likely N-dealkylation sites (tertiary alicyclic amines) is 1. The Bertz CT molecular complexity index is 496. The summed E-state index contributed by atoms with van der Waals surface area (Å²) in [5, 5.41) is 0.702. The molecule has 2 unspecified atom stereocenters. The number of hydrogen-bond donors (Lipinski definition) is 1. The van der Waals surface area contributed by atoms with E-state index in [9.17, 15) is 4.79 Å². The number of amides is 1. The van der Waals surface area contributed by atoms with Gasteiger partial charge in [0.25, 0.3) is 0 Å². The second-order valence-corrected chi connectivity index (χ2v) is 6.99. The predicted molar refractivity (Wildman–Crippen MR) is 84.3 cm³/mol. The summed E-state index contributed by atoms with van der Waals surface area (Å²) in [5.74, 6) is 0.249. The molecule has 1 aromatic rings. The lowest BCUT2D eigenvalue weighted by molar-refractivity contribution is 0.0286. The van der Waals surface area contributed by atoms with Gasteiger partial charge in [-0.2, -0.15) is 0 Å². The number of benzene rings is 1.